The Balaban J connectivity index is 2.81. The van der Waals surface area contributed by atoms with Crippen LogP contribution in [-0.4, -0.2) is 30.8 Å². The van der Waals surface area contributed by atoms with Crippen molar-refractivity contribution in [3.63, 3.8) is 0 Å². The summed E-state index contributed by atoms with van der Waals surface area (Å²) in [6.07, 6.45) is 1.37. The second kappa shape index (κ2) is 6.58. The number of esters is 1. The molecule has 7 nitrogen and oxygen atoms in total. The predicted molar refractivity (Wildman–Crippen MR) is 65.7 cm³/mol. The maximum absolute atomic E-state index is 11.3. The number of nitrogens with zero attached hydrogens (tertiary/aromatic N) is 1. The molecule has 1 aromatic rings. The van der Waals surface area contributed by atoms with Gasteiger partial charge in [0.2, 0.25) is 6.79 Å². The van der Waals surface area contributed by atoms with E-state index >= 15 is 0 Å². The summed E-state index contributed by atoms with van der Waals surface area (Å²) in [5.41, 5.74) is 5.09. The number of hydrogen-bond donors (Lipinski definition) is 1. The van der Waals surface area contributed by atoms with Crippen molar-refractivity contribution < 1.29 is 23.8 Å². The summed E-state index contributed by atoms with van der Waals surface area (Å²) in [5, 5.41) is 0. The van der Waals surface area contributed by atoms with Crippen LogP contribution in [-0.2, 0) is 9.53 Å². The third-order valence-corrected chi connectivity index (χ3v) is 2.20. The highest BCUT2D eigenvalue weighted by Gasteiger charge is 2.17. The van der Waals surface area contributed by atoms with Gasteiger partial charge in [0.05, 0.1) is 13.0 Å². The minimum atomic E-state index is -0.760. The molecule has 0 aliphatic heterocycles. The van der Waals surface area contributed by atoms with Gasteiger partial charge in [-0.1, -0.05) is 13.8 Å². The summed E-state index contributed by atoms with van der Waals surface area (Å²) in [6.45, 7) is 3.04. The molecule has 0 saturated carbocycles. The molecule has 0 spiro atoms. The summed E-state index contributed by atoms with van der Waals surface area (Å²) in [6, 6.07) is 1.51. The SMILES string of the molecule is COc1ccnc(C(N)=O)c1OCOC(=O)C(C)C. The molecule has 7 heteroatoms. The van der Waals surface area contributed by atoms with E-state index in [1.165, 1.54) is 19.4 Å². The predicted octanol–water partition coefficient (Wildman–Crippen LogP) is 0.725. The lowest BCUT2D eigenvalue weighted by Gasteiger charge is -2.13. The van der Waals surface area contributed by atoms with E-state index in [9.17, 15) is 9.59 Å². The van der Waals surface area contributed by atoms with Crippen LogP contribution in [0.4, 0.5) is 0 Å². The first-order valence-electron chi connectivity index (χ1n) is 5.59. The van der Waals surface area contributed by atoms with Gasteiger partial charge in [0.15, 0.2) is 17.2 Å². The van der Waals surface area contributed by atoms with Crippen LogP contribution in [0.3, 0.4) is 0 Å². The first kappa shape index (κ1) is 14.7. The van der Waals surface area contributed by atoms with E-state index in [-0.39, 0.29) is 29.9 Å². The molecule has 0 saturated heterocycles. The molecule has 1 heterocycles. The highest BCUT2D eigenvalue weighted by Crippen LogP contribution is 2.29. The minimum Gasteiger partial charge on any atom is -0.493 e. The summed E-state index contributed by atoms with van der Waals surface area (Å²) < 4.78 is 15.1. The molecule has 0 radical (unpaired) electrons. The van der Waals surface area contributed by atoms with E-state index < -0.39 is 11.9 Å². The highest BCUT2D eigenvalue weighted by molar-refractivity contribution is 5.94. The zero-order valence-corrected chi connectivity index (χ0v) is 11.0. The number of ether oxygens (including phenoxy) is 3. The molecule has 104 valence electrons. The van der Waals surface area contributed by atoms with Gasteiger partial charge in [-0.2, -0.15) is 0 Å². The van der Waals surface area contributed by atoms with Crippen molar-refractivity contribution in [3.8, 4) is 11.5 Å². The van der Waals surface area contributed by atoms with E-state index in [4.69, 9.17) is 19.9 Å². The first-order valence-corrected chi connectivity index (χ1v) is 5.59. The summed E-state index contributed by atoms with van der Waals surface area (Å²) in [4.78, 5) is 26.3. The Hall–Kier alpha value is -2.31. The average molecular weight is 268 g/mol. The summed E-state index contributed by atoms with van der Waals surface area (Å²) in [5.74, 6) is -1.11. The molecule has 0 unspecified atom stereocenters. The fourth-order valence-corrected chi connectivity index (χ4v) is 1.22. The topological polar surface area (TPSA) is 101 Å². The lowest BCUT2D eigenvalue weighted by atomic mass is 10.2. The Labute approximate surface area is 110 Å². The van der Waals surface area contributed by atoms with Crippen LogP contribution < -0.4 is 15.2 Å². The zero-order chi connectivity index (χ0) is 14.4. The van der Waals surface area contributed by atoms with E-state index in [2.05, 4.69) is 4.98 Å². The molecule has 0 aliphatic rings. The van der Waals surface area contributed by atoms with Gasteiger partial charge in [0.25, 0.3) is 5.91 Å². The fraction of sp³-hybridized carbons (Fsp3) is 0.417. The van der Waals surface area contributed by atoms with E-state index in [1.807, 2.05) is 0 Å². The van der Waals surface area contributed by atoms with Crippen LogP contribution in [0.25, 0.3) is 0 Å². The number of aromatic nitrogens is 1. The molecule has 1 amide bonds. The van der Waals surface area contributed by atoms with Gasteiger partial charge in [-0.15, -0.1) is 0 Å². The summed E-state index contributed by atoms with van der Waals surface area (Å²) >= 11 is 0. The molecule has 0 aromatic carbocycles. The van der Waals surface area contributed by atoms with Crippen LogP contribution >= 0.6 is 0 Å². The molecule has 0 aliphatic carbocycles. The highest BCUT2D eigenvalue weighted by atomic mass is 16.7. The lowest BCUT2D eigenvalue weighted by Crippen LogP contribution is -2.19. The smallest absolute Gasteiger partial charge is 0.311 e. The van der Waals surface area contributed by atoms with Crippen molar-refractivity contribution in [1.29, 1.82) is 0 Å². The molecule has 2 N–H and O–H groups in total. The van der Waals surface area contributed by atoms with Crippen molar-refractivity contribution in [2.24, 2.45) is 11.7 Å². The van der Waals surface area contributed by atoms with Gasteiger partial charge < -0.3 is 19.9 Å². The molecule has 19 heavy (non-hydrogen) atoms. The molecule has 0 fully saturated rings. The van der Waals surface area contributed by atoms with Crippen molar-refractivity contribution in [2.75, 3.05) is 13.9 Å². The largest absolute Gasteiger partial charge is 0.493 e. The standard InChI is InChI=1S/C12H16N2O5/c1-7(2)12(16)19-6-18-10-8(17-3)4-5-14-9(10)11(13)15/h4-5,7H,6H2,1-3H3,(H2,13,15). The number of nitrogens with two attached hydrogens (primary N) is 1. The van der Waals surface area contributed by atoms with Gasteiger partial charge in [0.1, 0.15) is 0 Å². The van der Waals surface area contributed by atoms with Crippen molar-refractivity contribution >= 4 is 11.9 Å². The average Bonchev–Trinajstić information content (AvgIpc) is 2.38. The maximum atomic E-state index is 11.3. The van der Waals surface area contributed by atoms with E-state index in [0.29, 0.717) is 0 Å². The number of pyridine rings is 1. The second-order valence-corrected chi connectivity index (χ2v) is 3.94. The van der Waals surface area contributed by atoms with Crippen LogP contribution in [0.1, 0.15) is 24.3 Å². The van der Waals surface area contributed by atoms with E-state index in [1.54, 1.807) is 13.8 Å². The number of hydrogen-bond acceptors (Lipinski definition) is 6. The molecule has 0 bridgehead atoms. The molecular weight excluding hydrogens is 252 g/mol. The number of amides is 1. The molecule has 0 atom stereocenters. The van der Waals surface area contributed by atoms with Gasteiger partial charge in [-0.05, 0) is 0 Å². The van der Waals surface area contributed by atoms with Gasteiger partial charge in [-0.3, -0.25) is 9.59 Å². The Morgan fingerprint density at radius 3 is 2.63 bits per heavy atom. The molecule has 1 rings (SSSR count). The van der Waals surface area contributed by atoms with Crippen LogP contribution in [0.2, 0.25) is 0 Å². The second-order valence-electron chi connectivity index (χ2n) is 3.94. The van der Waals surface area contributed by atoms with E-state index in [0.717, 1.165) is 0 Å². The molecule has 1 aromatic heterocycles. The van der Waals surface area contributed by atoms with Crippen LogP contribution in [0, 0.1) is 5.92 Å². The van der Waals surface area contributed by atoms with Gasteiger partial charge in [0, 0.05) is 12.3 Å². The van der Waals surface area contributed by atoms with Crippen molar-refractivity contribution in [1.82, 2.24) is 4.98 Å². The Morgan fingerprint density at radius 2 is 2.11 bits per heavy atom. The number of primary amides is 1. The minimum absolute atomic E-state index is 0.0501. The quantitative estimate of drug-likeness (QED) is 0.602. The number of rotatable bonds is 6. The summed E-state index contributed by atoms with van der Waals surface area (Å²) in [7, 11) is 1.41. The van der Waals surface area contributed by atoms with Crippen molar-refractivity contribution in [3.05, 3.63) is 18.0 Å². The normalized spacial score (nSPS) is 10.1. The maximum Gasteiger partial charge on any atom is 0.311 e. The Bertz CT molecular complexity index is 473. The fourth-order valence-electron chi connectivity index (χ4n) is 1.22. The van der Waals surface area contributed by atoms with Gasteiger partial charge in [-0.25, -0.2) is 4.98 Å². The first-order chi connectivity index (χ1) is 8.97. The number of carbonyl (C=O) groups excluding carboxylic acids is 2. The van der Waals surface area contributed by atoms with Crippen molar-refractivity contribution in [2.45, 2.75) is 13.8 Å². The van der Waals surface area contributed by atoms with Crippen LogP contribution in [0.5, 0.6) is 11.5 Å². The third-order valence-electron chi connectivity index (χ3n) is 2.20. The zero-order valence-electron chi connectivity index (χ0n) is 11.0. The van der Waals surface area contributed by atoms with Gasteiger partial charge >= 0.3 is 5.97 Å². The Kier molecular flexibility index (Phi) is 5.11. The van der Waals surface area contributed by atoms with Crippen LogP contribution in [0.15, 0.2) is 12.3 Å². The third kappa shape index (κ3) is 3.84. The lowest BCUT2D eigenvalue weighted by molar-refractivity contribution is -0.154. The molecular formula is C12H16N2O5. The number of methoxy groups -OCH3 is 1. The Morgan fingerprint density at radius 1 is 1.42 bits per heavy atom. The monoisotopic (exact) mass is 268 g/mol. The number of carbonyl (C=O) groups is 2.